The molecule has 12 heavy (non-hydrogen) atoms. The second-order valence-electron chi connectivity index (χ2n) is 2.58. The SMILES string of the molecule is CCCN(CC#N)CCC(=O)O. The van der Waals surface area contributed by atoms with Gasteiger partial charge in [-0.05, 0) is 13.0 Å². The minimum absolute atomic E-state index is 0.113. The first-order chi connectivity index (χ1) is 5.70. The van der Waals surface area contributed by atoms with Gasteiger partial charge in [0.1, 0.15) is 0 Å². The summed E-state index contributed by atoms with van der Waals surface area (Å²) < 4.78 is 0. The largest absolute Gasteiger partial charge is 0.481 e. The lowest BCUT2D eigenvalue weighted by Crippen LogP contribution is -2.27. The molecule has 0 bridgehead atoms. The molecule has 0 fully saturated rings. The van der Waals surface area contributed by atoms with Gasteiger partial charge in [-0.1, -0.05) is 6.92 Å². The van der Waals surface area contributed by atoms with Crippen LogP contribution >= 0.6 is 0 Å². The van der Waals surface area contributed by atoms with E-state index >= 15 is 0 Å². The van der Waals surface area contributed by atoms with Crippen molar-refractivity contribution in [3.05, 3.63) is 0 Å². The zero-order valence-electron chi connectivity index (χ0n) is 7.29. The molecule has 0 aliphatic rings. The van der Waals surface area contributed by atoms with E-state index in [4.69, 9.17) is 10.4 Å². The zero-order chi connectivity index (χ0) is 9.40. The van der Waals surface area contributed by atoms with Crippen LogP contribution in [0.15, 0.2) is 0 Å². The predicted molar refractivity (Wildman–Crippen MR) is 44.6 cm³/mol. The van der Waals surface area contributed by atoms with Crippen LogP contribution in [0.25, 0.3) is 0 Å². The van der Waals surface area contributed by atoms with E-state index in [0.29, 0.717) is 13.1 Å². The normalized spacial score (nSPS) is 9.75. The van der Waals surface area contributed by atoms with Gasteiger partial charge in [-0.2, -0.15) is 5.26 Å². The smallest absolute Gasteiger partial charge is 0.304 e. The van der Waals surface area contributed by atoms with Gasteiger partial charge in [0.25, 0.3) is 0 Å². The molecule has 0 amide bonds. The molecule has 0 atom stereocenters. The summed E-state index contributed by atoms with van der Waals surface area (Å²) in [5.41, 5.74) is 0. The number of aliphatic carboxylic acids is 1. The van der Waals surface area contributed by atoms with Crippen molar-refractivity contribution in [1.82, 2.24) is 4.90 Å². The summed E-state index contributed by atoms with van der Waals surface area (Å²) in [5.74, 6) is -0.811. The molecule has 0 heterocycles. The van der Waals surface area contributed by atoms with E-state index < -0.39 is 5.97 Å². The van der Waals surface area contributed by atoms with Crippen LogP contribution in [0.2, 0.25) is 0 Å². The monoisotopic (exact) mass is 170 g/mol. The van der Waals surface area contributed by atoms with E-state index in [2.05, 4.69) is 0 Å². The van der Waals surface area contributed by atoms with E-state index in [1.54, 1.807) is 0 Å². The number of hydrogen-bond donors (Lipinski definition) is 1. The molecule has 0 aliphatic heterocycles. The minimum Gasteiger partial charge on any atom is -0.481 e. The van der Waals surface area contributed by atoms with Gasteiger partial charge in [0.15, 0.2) is 0 Å². The van der Waals surface area contributed by atoms with E-state index in [1.807, 2.05) is 17.9 Å². The Morgan fingerprint density at radius 1 is 1.58 bits per heavy atom. The maximum Gasteiger partial charge on any atom is 0.304 e. The van der Waals surface area contributed by atoms with Gasteiger partial charge in [-0.25, -0.2) is 0 Å². The third-order valence-corrected chi connectivity index (χ3v) is 1.48. The molecule has 68 valence electrons. The Kier molecular flexibility index (Phi) is 6.02. The van der Waals surface area contributed by atoms with E-state index in [1.165, 1.54) is 0 Å². The van der Waals surface area contributed by atoms with Crippen LogP contribution in [-0.4, -0.2) is 35.6 Å². The minimum atomic E-state index is -0.811. The molecule has 0 unspecified atom stereocenters. The van der Waals surface area contributed by atoms with Crippen LogP contribution in [-0.2, 0) is 4.79 Å². The Morgan fingerprint density at radius 3 is 2.67 bits per heavy atom. The summed E-state index contributed by atoms with van der Waals surface area (Å²) in [6, 6.07) is 2.01. The topological polar surface area (TPSA) is 64.3 Å². The molecular weight excluding hydrogens is 156 g/mol. The molecule has 0 rings (SSSR count). The Labute approximate surface area is 72.4 Å². The lowest BCUT2D eigenvalue weighted by atomic mass is 10.3. The van der Waals surface area contributed by atoms with Crippen molar-refractivity contribution >= 4 is 5.97 Å². The highest BCUT2D eigenvalue weighted by Gasteiger charge is 2.04. The number of rotatable bonds is 6. The highest BCUT2D eigenvalue weighted by atomic mass is 16.4. The molecule has 0 spiro atoms. The number of carboxylic acid groups (broad SMARTS) is 1. The number of nitrogens with zero attached hydrogens (tertiary/aromatic N) is 2. The van der Waals surface area contributed by atoms with Crippen LogP contribution < -0.4 is 0 Å². The summed E-state index contributed by atoms with van der Waals surface area (Å²) in [5, 5.41) is 16.8. The van der Waals surface area contributed by atoms with Crippen LogP contribution in [0.5, 0.6) is 0 Å². The summed E-state index contributed by atoms with van der Waals surface area (Å²) in [4.78, 5) is 12.0. The first-order valence-electron chi connectivity index (χ1n) is 4.01. The van der Waals surface area contributed by atoms with Crippen LogP contribution in [0.4, 0.5) is 0 Å². The lowest BCUT2D eigenvalue weighted by molar-refractivity contribution is -0.137. The molecule has 0 aliphatic carbocycles. The van der Waals surface area contributed by atoms with E-state index in [-0.39, 0.29) is 6.42 Å². The molecule has 0 radical (unpaired) electrons. The van der Waals surface area contributed by atoms with Gasteiger partial charge >= 0.3 is 5.97 Å². The van der Waals surface area contributed by atoms with Gasteiger partial charge in [0.05, 0.1) is 19.0 Å². The van der Waals surface area contributed by atoms with Crippen LogP contribution in [0.3, 0.4) is 0 Å². The van der Waals surface area contributed by atoms with Gasteiger partial charge in [-0.15, -0.1) is 0 Å². The molecule has 0 aromatic rings. The van der Waals surface area contributed by atoms with Crippen molar-refractivity contribution in [3.8, 4) is 6.07 Å². The van der Waals surface area contributed by atoms with Crippen molar-refractivity contribution in [2.75, 3.05) is 19.6 Å². The lowest BCUT2D eigenvalue weighted by Gasteiger charge is -2.16. The standard InChI is InChI=1S/C8H14N2O2/c1-2-5-10(7-4-9)6-3-8(11)12/h2-3,5-7H2,1H3,(H,11,12). The first kappa shape index (κ1) is 10.9. The first-order valence-corrected chi connectivity index (χ1v) is 4.01. The second kappa shape index (κ2) is 6.62. The van der Waals surface area contributed by atoms with Crippen molar-refractivity contribution in [3.63, 3.8) is 0 Å². The van der Waals surface area contributed by atoms with Crippen molar-refractivity contribution in [2.45, 2.75) is 19.8 Å². The fraction of sp³-hybridized carbons (Fsp3) is 0.750. The molecular formula is C8H14N2O2. The van der Waals surface area contributed by atoms with Crippen molar-refractivity contribution in [1.29, 1.82) is 5.26 Å². The summed E-state index contributed by atoms with van der Waals surface area (Å²) in [6.07, 6.45) is 1.06. The number of hydrogen-bond acceptors (Lipinski definition) is 3. The van der Waals surface area contributed by atoms with Gasteiger partial charge in [-0.3, -0.25) is 9.69 Å². The molecule has 1 N–H and O–H groups in total. The van der Waals surface area contributed by atoms with Crippen LogP contribution in [0.1, 0.15) is 19.8 Å². The highest BCUT2D eigenvalue weighted by molar-refractivity contribution is 5.66. The average Bonchev–Trinajstić information content (AvgIpc) is 2.01. The third kappa shape index (κ3) is 5.69. The Morgan fingerprint density at radius 2 is 2.25 bits per heavy atom. The average molecular weight is 170 g/mol. The van der Waals surface area contributed by atoms with Crippen LogP contribution in [0, 0.1) is 11.3 Å². The zero-order valence-corrected chi connectivity index (χ0v) is 7.29. The highest BCUT2D eigenvalue weighted by Crippen LogP contribution is 1.92. The fourth-order valence-corrected chi connectivity index (χ4v) is 0.940. The van der Waals surface area contributed by atoms with Crippen molar-refractivity contribution < 1.29 is 9.90 Å². The summed E-state index contributed by atoms with van der Waals surface area (Å²) in [6.45, 7) is 3.59. The maximum atomic E-state index is 10.2. The van der Waals surface area contributed by atoms with Crippen molar-refractivity contribution in [2.24, 2.45) is 0 Å². The van der Waals surface area contributed by atoms with Gasteiger partial charge < -0.3 is 5.11 Å². The second-order valence-corrected chi connectivity index (χ2v) is 2.58. The summed E-state index contributed by atoms with van der Waals surface area (Å²) in [7, 11) is 0. The number of carbonyl (C=O) groups is 1. The Balaban J connectivity index is 3.64. The molecule has 0 saturated carbocycles. The number of carboxylic acids is 1. The fourth-order valence-electron chi connectivity index (χ4n) is 0.940. The van der Waals surface area contributed by atoms with Gasteiger partial charge in [0, 0.05) is 6.54 Å². The third-order valence-electron chi connectivity index (χ3n) is 1.48. The van der Waals surface area contributed by atoms with Gasteiger partial charge in [0.2, 0.25) is 0 Å². The molecule has 0 saturated heterocycles. The molecule has 4 heteroatoms. The number of nitriles is 1. The van der Waals surface area contributed by atoms with E-state index in [9.17, 15) is 4.79 Å². The molecule has 0 aromatic heterocycles. The molecule has 0 aromatic carbocycles. The Bertz CT molecular complexity index is 174. The summed E-state index contributed by atoms with van der Waals surface area (Å²) >= 11 is 0. The van der Waals surface area contributed by atoms with E-state index in [0.717, 1.165) is 13.0 Å². The maximum absolute atomic E-state index is 10.2. The molecule has 4 nitrogen and oxygen atoms in total. The Hall–Kier alpha value is -1.08. The predicted octanol–water partition coefficient (Wildman–Crippen LogP) is 0.697. The quantitative estimate of drug-likeness (QED) is 0.596.